The number of amides is 1. The molecule has 2 rings (SSSR count). The fraction of sp³-hybridized carbons (Fsp3) is 0.529. The smallest absolute Gasteiger partial charge is 0.323 e. The Morgan fingerprint density at radius 3 is 2.32 bits per heavy atom. The van der Waals surface area contributed by atoms with Gasteiger partial charge in [-0.1, -0.05) is 30.3 Å². The van der Waals surface area contributed by atoms with Gasteiger partial charge in [-0.05, 0) is 24.8 Å². The van der Waals surface area contributed by atoms with Crippen LogP contribution in [0.4, 0.5) is 0 Å². The SMILES string of the molecule is CS(=O)(=O)N1CCC(C(=O)N(CCc2ccccc2)CC(=O)O)CC1. The van der Waals surface area contributed by atoms with Gasteiger partial charge in [-0.15, -0.1) is 0 Å². The highest BCUT2D eigenvalue weighted by molar-refractivity contribution is 7.88. The lowest BCUT2D eigenvalue weighted by atomic mass is 9.96. The Hall–Kier alpha value is -1.93. The molecule has 0 atom stereocenters. The Labute approximate surface area is 148 Å². The Morgan fingerprint density at radius 2 is 1.80 bits per heavy atom. The van der Waals surface area contributed by atoms with Gasteiger partial charge in [0.25, 0.3) is 0 Å². The van der Waals surface area contributed by atoms with E-state index < -0.39 is 16.0 Å². The highest BCUT2D eigenvalue weighted by atomic mass is 32.2. The molecule has 1 aromatic rings. The molecule has 0 spiro atoms. The maximum Gasteiger partial charge on any atom is 0.323 e. The molecular formula is C17H24N2O5S. The quantitative estimate of drug-likeness (QED) is 0.769. The van der Waals surface area contributed by atoms with Crippen molar-refractivity contribution in [2.75, 3.05) is 32.4 Å². The van der Waals surface area contributed by atoms with Gasteiger partial charge in [0.15, 0.2) is 0 Å². The molecule has 1 aliphatic rings. The number of hydrogen-bond donors (Lipinski definition) is 1. The third-order valence-corrected chi connectivity index (χ3v) is 5.73. The molecule has 8 heteroatoms. The van der Waals surface area contributed by atoms with Crippen LogP contribution >= 0.6 is 0 Å². The molecule has 0 unspecified atom stereocenters. The van der Waals surface area contributed by atoms with Gasteiger partial charge in [-0.3, -0.25) is 9.59 Å². The van der Waals surface area contributed by atoms with Gasteiger partial charge in [0.1, 0.15) is 6.54 Å². The summed E-state index contributed by atoms with van der Waals surface area (Å²) in [6.07, 6.45) is 2.59. The summed E-state index contributed by atoms with van der Waals surface area (Å²) in [5.41, 5.74) is 1.04. The Morgan fingerprint density at radius 1 is 1.20 bits per heavy atom. The molecule has 1 N–H and O–H groups in total. The molecule has 138 valence electrons. The topological polar surface area (TPSA) is 95.0 Å². The van der Waals surface area contributed by atoms with Crippen molar-refractivity contribution in [3.05, 3.63) is 35.9 Å². The molecular weight excluding hydrogens is 344 g/mol. The van der Waals surface area contributed by atoms with Crippen molar-refractivity contribution in [2.45, 2.75) is 19.3 Å². The van der Waals surface area contributed by atoms with Crippen molar-refractivity contribution >= 4 is 21.9 Å². The Bertz CT molecular complexity index is 697. The van der Waals surface area contributed by atoms with E-state index in [0.717, 1.165) is 11.8 Å². The monoisotopic (exact) mass is 368 g/mol. The average molecular weight is 368 g/mol. The molecule has 1 amide bonds. The zero-order valence-electron chi connectivity index (χ0n) is 14.3. The van der Waals surface area contributed by atoms with Crippen LogP contribution < -0.4 is 0 Å². The van der Waals surface area contributed by atoms with Crippen LogP contribution in [-0.4, -0.2) is 67.0 Å². The van der Waals surface area contributed by atoms with E-state index in [9.17, 15) is 18.0 Å². The minimum Gasteiger partial charge on any atom is -0.480 e. The van der Waals surface area contributed by atoms with Crippen molar-refractivity contribution in [2.24, 2.45) is 5.92 Å². The van der Waals surface area contributed by atoms with E-state index >= 15 is 0 Å². The van der Waals surface area contributed by atoms with Gasteiger partial charge >= 0.3 is 5.97 Å². The van der Waals surface area contributed by atoms with Gasteiger partial charge in [0.05, 0.1) is 6.26 Å². The standard InChI is InChI=1S/C17H24N2O5S/c1-25(23,24)19-11-8-15(9-12-19)17(22)18(13-16(20)21)10-7-14-5-3-2-4-6-14/h2-6,15H,7-13H2,1H3,(H,20,21). The summed E-state index contributed by atoms with van der Waals surface area (Å²) in [4.78, 5) is 25.2. The molecule has 1 fully saturated rings. The first kappa shape index (κ1) is 19.4. The number of sulfonamides is 1. The van der Waals surface area contributed by atoms with Crippen molar-refractivity contribution in [3.8, 4) is 0 Å². The summed E-state index contributed by atoms with van der Waals surface area (Å²) >= 11 is 0. The third kappa shape index (κ3) is 5.82. The molecule has 0 radical (unpaired) electrons. The van der Waals surface area contributed by atoms with Crippen molar-refractivity contribution < 1.29 is 23.1 Å². The predicted octanol–water partition coefficient (Wildman–Crippen LogP) is 0.814. The van der Waals surface area contributed by atoms with Gasteiger partial charge in [0, 0.05) is 25.6 Å². The second-order valence-corrected chi connectivity index (χ2v) is 8.31. The molecule has 7 nitrogen and oxygen atoms in total. The van der Waals surface area contributed by atoms with E-state index in [1.807, 2.05) is 30.3 Å². The van der Waals surface area contributed by atoms with Crippen LogP contribution in [0.5, 0.6) is 0 Å². The van der Waals surface area contributed by atoms with Crippen LogP contribution in [0.2, 0.25) is 0 Å². The minimum absolute atomic E-state index is 0.202. The minimum atomic E-state index is -3.25. The first-order valence-electron chi connectivity index (χ1n) is 8.27. The van der Waals surface area contributed by atoms with E-state index in [0.29, 0.717) is 38.9 Å². The highest BCUT2D eigenvalue weighted by Crippen LogP contribution is 2.21. The van der Waals surface area contributed by atoms with E-state index in [-0.39, 0.29) is 18.4 Å². The first-order chi connectivity index (χ1) is 11.8. The lowest BCUT2D eigenvalue weighted by Gasteiger charge is -2.32. The van der Waals surface area contributed by atoms with E-state index in [2.05, 4.69) is 0 Å². The highest BCUT2D eigenvalue weighted by Gasteiger charge is 2.31. The van der Waals surface area contributed by atoms with Crippen molar-refractivity contribution in [1.82, 2.24) is 9.21 Å². The summed E-state index contributed by atoms with van der Waals surface area (Å²) in [6, 6.07) is 9.58. The summed E-state index contributed by atoms with van der Waals surface area (Å²) < 4.78 is 24.5. The van der Waals surface area contributed by atoms with Crippen LogP contribution in [-0.2, 0) is 26.0 Å². The number of carboxylic acids is 1. The number of hydrogen-bond acceptors (Lipinski definition) is 4. The van der Waals surface area contributed by atoms with Crippen LogP contribution in [0.1, 0.15) is 18.4 Å². The van der Waals surface area contributed by atoms with E-state index in [4.69, 9.17) is 5.11 Å². The first-order valence-corrected chi connectivity index (χ1v) is 10.1. The van der Waals surface area contributed by atoms with Crippen LogP contribution in [0.3, 0.4) is 0 Å². The number of carbonyl (C=O) groups is 2. The molecule has 1 aliphatic heterocycles. The summed E-state index contributed by atoms with van der Waals surface area (Å²) in [6.45, 7) is 0.600. The van der Waals surface area contributed by atoms with E-state index in [1.54, 1.807) is 0 Å². The largest absolute Gasteiger partial charge is 0.480 e. The lowest BCUT2D eigenvalue weighted by Crippen LogP contribution is -2.46. The number of piperidine rings is 1. The van der Waals surface area contributed by atoms with Gasteiger partial charge in [0.2, 0.25) is 15.9 Å². The van der Waals surface area contributed by atoms with Gasteiger partial charge < -0.3 is 10.0 Å². The molecule has 1 aromatic carbocycles. The number of benzene rings is 1. The fourth-order valence-electron chi connectivity index (χ4n) is 3.03. The molecule has 25 heavy (non-hydrogen) atoms. The maximum absolute atomic E-state index is 12.7. The van der Waals surface area contributed by atoms with Crippen molar-refractivity contribution in [3.63, 3.8) is 0 Å². The third-order valence-electron chi connectivity index (χ3n) is 4.42. The van der Waals surface area contributed by atoms with Gasteiger partial charge in [-0.25, -0.2) is 12.7 Å². The van der Waals surface area contributed by atoms with Crippen LogP contribution in [0, 0.1) is 5.92 Å². The summed E-state index contributed by atoms with van der Waals surface area (Å²) in [5, 5.41) is 9.10. The Balaban J connectivity index is 1.97. The second-order valence-electron chi connectivity index (χ2n) is 6.33. The molecule has 0 aromatic heterocycles. The van der Waals surface area contributed by atoms with Gasteiger partial charge in [-0.2, -0.15) is 0 Å². The number of aliphatic carboxylic acids is 1. The van der Waals surface area contributed by atoms with Crippen LogP contribution in [0.25, 0.3) is 0 Å². The average Bonchev–Trinajstić information content (AvgIpc) is 2.58. The molecule has 1 heterocycles. The molecule has 1 saturated heterocycles. The number of nitrogens with zero attached hydrogens (tertiary/aromatic N) is 2. The fourth-order valence-corrected chi connectivity index (χ4v) is 3.91. The Kier molecular flexibility index (Phi) is 6.55. The number of carbonyl (C=O) groups excluding carboxylic acids is 1. The summed E-state index contributed by atoms with van der Waals surface area (Å²) in [7, 11) is -3.25. The molecule has 0 aliphatic carbocycles. The maximum atomic E-state index is 12.7. The number of rotatable bonds is 7. The zero-order valence-corrected chi connectivity index (χ0v) is 15.1. The molecule has 0 saturated carbocycles. The van der Waals surface area contributed by atoms with Crippen molar-refractivity contribution in [1.29, 1.82) is 0 Å². The lowest BCUT2D eigenvalue weighted by molar-refractivity contribution is -0.146. The second kappa shape index (κ2) is 8.44. The normalized spacial score (nSPS) is 16.5. The zero-order chi connectivity index (χ0) is 18.4. The summed E-state index contributed by atoms with van der Waals surface area (Å²) in [5.74, 6) is -1.57. The van der Waals surface area contributed by atoms with Crippen LogP contribution in [0.15, 0.2) is 30.3 Å². The van der Waals surface area contributed by atoms with E-state index in [1.165, 1.54) is 9.21 Å². The molecule has 0 bridgehead atoms. The number of carboxylic acid groups (broad SMARTS) is 1. The predicted molar refractivity (Wildman–Crippen MR) is 93.5 cm³/mol.